The summed E-state index contributed by atoms with van der Waals surface area (Å²) in [5.41, 5.74) is 1.95. The number of pyridine rings is 1. The van der Waals surface area contributed by atoms with Gasteiger partial charge in [-0.1, -0.05) is 29.3 Å². The molecule has 0 aliphatic carbocycles. The summed E-state index contributed by atoms with van der Waals surface area (Å²) >= 11 is 11.9. The minimum Gasteiger partial charge on any atom is -0.355 e. The predicted octanol–water partition coefficient (Wildman–Crippen LogP) is 3.14. The SMILES string of the molecule is CN1C(c2ccnc(Cl)c2)=CC=CC1Cl. The van der Waals surface area contributed by atoms with Crippen LogP contribution in [0.5, 0.6) is 0 Å². The van der Waals surface area contributed by atoms with Gasteiger partial charge >= 0.3 is 0 Å². The van der Waals surface area contributed by atoms with Crippen LogP contribution in [0.2, 0.25) is 5.15 Å². The first-order valence-corrected chi connectivity index (χ1v) is 5.37. The zero-order valence-corrected chi connectivity index (χ0v) is 9.70. The third-order valence-corrected chi connectivity index (χ3v) is 2.94. The van der Waals surface area contributed by atoms with Crippen LogP contribution >= 0.6 is 23.2 Å². The Hall–Kier alpha value is -0.990. The molecular formula is C11H10Cl2N2. The molecule has 1 aromatic heterocycles. The number of nitrogens with zero attached hydrogens (tertiary/aromatic N) is 2. The zero-order valence-electron chi connectivity index (χ0n) is 8.19. The molecule has 2 nitrogen and oxygen atoms in total. The summed E-state index contributed by atoms with van der Waals surface area (Å²) in [6.45, 7) is 0. The summed E-state index contributed by atoms with van der Waals surface area (Å²) in [5, 5.41) is 0.488. The summed E-state index contributed by atoms with van der Waals surface area (Å²) in [4.78, 5) is 5.93. The molecule has 0 saturated carbocycles. The molecule has 0 amide bonds. The Balaban J connectivity index is 2.39. The molecule has 15 heavy (non-hydrogen) atoms. The fourth-order valence-corrected chi connectivity index (χ4v) is 1.84. The summed E-state index contributed by atoms with van der Waals surface area (Å²) in [5.74, 6) is 0. The second-order valence-corrected chi connectivity index (χ2v) is 4.12. The second-order valence-electron chi connectivity index (χ2n) is 3.29. The van der Waals surface area contributed by atoms with Gasteiger partial charge in [0.25, 0.3) is 0 Å². The van der Waals surface area contributed by atoms with Gasteiger partial charge in [-0.05, 0) is 24.3 Å². The lowest BCUT2D eigenvalue weighted by Gasteiger charge is -2.28. The summed E-state index contributed by atoms with van der Waals surface area (Å²) in [7, 11) is 1.95. The number of rotatable bonds is 1. The van der Waals surface area contributed by atoms with Crippen LogP contribution in [-0.2, 0) is 0 Å². The Morgan fingerprint density at radius 1 is 1.47 bits per heavy atom. The van der Waals surface area contributed by atoms with Crippen LogP contribution in [0.1, 0.15) is 5.56 Å². The molecule has 1 aliphatic heterocycles. The standard InChI is InChI=1S/C11H10Cl2N2/c1-15-9(3-2-4-11(15)13)8-5-6-14-10(12)7-8/h2-7,11H,1H3. The van der Waals surface area contributed by atoms with Crippen LogP contribution in [0.15, 0.2) is 36.6 Å². The average Bonchev–Trinajstić information content (AvgIpc) is 2.22. The molecule has 78 valence electrons. The first-order chi connectivity index (χ1) is 7.18. The van der Waals surface area contributed by atoms with Gasteiger partial charge in [-0.3, -0.25) is 0 Å². The van der Waals surface area contributed by atoms with Crippen LogP contribution in [0.25, 0.3) is 5.70 Å². The maximum Gasteiger partial charge on any atom is 0.129 e. The lowest BCUT2D eigenvalue weighted by molar-refractivity contribution is 0.492. The Bertz CT molecular complexity index is 426. The molecule has 0 radical (unpaired) electrons. The highest BCUT2D eigenvalue weighted by atomic mass is 35.5. The van der Waals surface area contributed by atoms with Gasteiger partial charge in [0.05, 0.1) is 0 Å². The van der Waals surface area contributed by atoms with Crippen molar-refractivity contribution in [2.24, 2.45) is 0 Å². The van der Waals surface area contributed by atoms with Gasteiger partial charge in [0.2, 0.25) is 0 Å². The van der Waals surface area contributed by atoms with E-state index in [9.17, 15) is 0 Å². The molecular weight excluding hydrogens is 231 g/mol. The van der Waals surface area contributed by atoms with E-state index in [1.165, 1.54) is 0 Å². The summed E-state index contributed by atoms with van der Waals surface area (Å²) in [6, 6.07) is 3.74. The third kappa shape index (κ3) is 2.16. The van der Waals surface area contributed by atoms with Gasteiger partial charge in [-0.25, -0.2) is 4.98 Å². The van der Waals surface area contributed by atoms with Crippen molar-refractivity contribution in [3.05, 3.63) is 47.3 Å². The molecule has 0 N–H and O–H groups in total. The molecule has 0 saturated heterocycles. The zero-order chi connectivity index (χ0) is 10.8. The largest absolute Gasteiger partial charge is 0.355 e. The maximum atomic E-state index is 6.10. The highest BCUT2D eigenvalue weighted by Gasteiger charge is 2.15. The van der Waals surface area contributed by atoms with Crippen molar-refractivity contribution < 1.29 is 0 Å². The van der Waals surface area contributed by atoms with Gasteiger partial charge in [-0.15, -0.1) is 0 Å². The molecule has 1 aromatic rings. The predicted molar refractivity (Wildman–Crippen MR) is 63.8 cm³/mol. The number of allylic oxidation sites excluding steroid dienone is 2. The topological polar surface area (TPSA) is 16.1 Å². The van der Waals surface area contributed by atoms with Gasteiger partial charge < -0.3 is 4.90 Å². The minimum absolute atomic E-state index is 0.114. The van der Waals surface area contributed by atoms with Gasteiger partial charge in [-0.2, -0.15) is 0 Å². The van der Waals surface area contributed by atoms with E-state index >= 15 is 0 Å². The number of alkyl halides is 1. The lowest BCUT2D eigenvalue weighted by atomic mass is 10.1. The third-order valence-electron chi connectivity index (χ3n) is 2.30. The van der Waals surface area contributed by atoms with Crippen LogP contribution < -0.4 is 0 Å². The monoisotopic (exact) mass is 240 g/mol. The molecule has 2 rings (SSSR count). The Labute approximate surface area is 98.8 Å². The molecule has 0 bridgehead atoms. The quantitative estimate of drug-likeness (QED) is 0.426. The second kappa shape index (κ2) is 4.25. The van der Waals surface area contributed by atoms with Crippen molar-refractivity contribution in [2.75, 3.05) is 7.05 Å². The number of hydrogen-bond donors (Lipinski definition) is 0. The normalized spacial score (nSPS) is 20.3. The molecule has 1 atom stereocenters. The van der Waals surface area contributed by atoms with E-state index in [0.29, 0.717) is 5.15 Å². The Kier molecular flexibility index (Phi) is 2.98. The van der Waals surface area contributed by atoms with E-state index in [4.69, 9.17) is 23.2 Å². The summed E-state index contributed by atoms with van der Waals surface area (Å²) in [6.07, 6.45) is 7.56. The molecule has 4 heteroatoms. The number of halogens is 2. The van der Waals surface area contributed by atoms with E-state index in [-0.39, 0.29) is 5.50 Å². The molecule has 0 spiro atoms. The van der Waals surface area contributed by atoms with Crippen LogP contribution in [-0.4, -0.2) is 22.4 Å². The molecule has 0 aromatic carbocycles. The number of hydrogen-bond acceptors (Lipinski definition) is 2. The Morgan fingerprint density at radius 3 is 3.00 bits per heavy atom. The Morgan fingerprint density at radius 2 is 2.27 bits per heavy atom. The minimum atomic E-state index is -0.114. The van der Waals surface area contributed by atoms with E-state index in [2.05, 4.69) is 4.98 Å². The van der Waals surface area contributed by atoms with E-state index in [1.807, 2.05) is 42.3 Å². The van der Waals surface area contributed by atoms with Crippen LogP contribution in [0, 0.1) is 0 Å². The first-order valence-electron chi connectivity index (χ1n) is 4.56. The number of likely N-dealkylation sites (N-methyl/N-ethyl adjacent to an activating group) is 1. The van der Waals surface area contributed by atoms with E-state index in [0.717, 1.165) is 11.3 Å². The maximum absolute atomic E-state index is 6.10. The smallest absolute Gasteiger partial charge is 0.129 e. The van der Waals surface area contributed by atoms with Crippen molar-refractivity contribution >= 4 is 28.9 Å². The van der Waals surface area contributed by atoms with Gasteiger partial charge in [0.15, 0.2) is 0 Å². The molecule has 2 heterocycles. The number of aromatic nitrogens is 1. The summed E-state index contributed by atoms with van der Waals surface area (Å²) < 4.78 is 0. The van der Waals surface area contributed by atoms with Gasteiger partial charge in [0, 0.05) is 24.5 Å². The lowest BCUT2D eigenvalue weighted by Crippen LogP contribution is -2.25. The van der Waals surface area contributed by atoms with Crippen LogP contribution in [0.4, 0.5) is 0 Å². The highest BCUT2D eigenvalue weighted by Crippen LogP contribution is 2.26. The highest BCUT2D eigenvalue weighted by molar-refractivity contribution is 6.29. The van der Waals surface area contributed by atoms with Crippen molar-refractivity contribution in [1.29, 1.82) is 0 Å². The van der Waals surface area contributed by atoms with Gasteiger partial charge in [0.1, 0.15) is 10.7 Å². The van der Waals surface area contributed by atoms with E-state index in [1.54, 1.807) is 6.20 Å². The van der Waals surface area contributed by atoms with Crippen molar-refractivity contribution in [2.45, 2.75) is 5.50 Å². The molecule has 1 aliphatic rings. The molecule has 1 unspecified atom stereocenters. The fourth-order valence-electron chi connectivity index (χ4n) is 1.48. The first kappa shape index (κ1) is 10.5. The molecule has 0 fully saturated rings. The fraction of sp³-hybridized carbons (Fsp3) is 0.182. The average molecular weight is 241 g/mol. The van der Waals surface area contributed by atoms with E-state index < -0.39 is 0 Å². The van der Waals surface area contributed by atoms with Crippen LogP contribution in [0.3, 0.4) is 0 Å². The van der Waals surface area contributed by atoms with Crippen molar-refractivity contribution in [3.8, 4) is 0 Å². The van der Waals surface area contributed by atoms with Crippen molar-refractivity contribution in [1.82, 2.24) is 9.88 Å². The van der Waals surface area contributed by atoms with Crippen molar-refractivity contribution in [3.63, 3.8) is 0 Å².